The summed E-state index contributed by atoms with van der Waals surface area (Å²) in [6.07, 6.45) is 0. The van der Waals surface area contributed by atoms with Crippen LogP contribution in [0.5, 0.6) is 0 Å². The lowest BCUT2D eigenvalue weighted by atomic mass is 9.68. The van der Waals surface area contributed by atoms with Gasteiger partial charge in [-0.15, -0.1) is 0 Å². The molecule has 9 aromatic rings. The van der Waals surface area contributed by atoms with E-state index in [9.17, 15) is 0 Å². The van der Waals surface area contributed by atoms with E-state index in [0.29, 0.717) is 0 Å². The van der Waals surface area contributed by atoms with E-state index in [4.69, 9.17) is 0 Å². The molecular formula is C49H32BrN. The van der Waals surface area contributed by atoms with Crippen LogP contribution >= 0.6 is 15.9 Å². The van der Waals surface area contributed by atoms with Gasteiger partial charge in [0.25, 0.3) is 0 Å². The summed E-state index contributed by atoms with van der Waals surface area (Å²) in [6.45, 7) is 0. The van der Waals surface area contributed by atoms with Gasteiger partial charge in [0.15, 0.2) is 0 Å². The van der Waals surface area contributed by atoms with Crippen LogP contribution in [-0.2, 0) is 5.41 Å². The molecule has 51 heavy (non-hydrogen) atoms. The van der Waals surface area contributed by atoms with Crippen molar-refractivity contribution in [2.24, 2.45) is 0 Å². The summed E-state index contributed by atoms with van der Waals surface area (Å²) < 4.78 is 3.54. The minimum atomic E-state index is -0.419. The zero-order valence-electron chi connectivity index (χ0n) is 27.8. The van der Waals surface area contributed by atoms with E-state index >= 15 is 0 Å². The SMILES string of the molecule is Brc1ccc(-c2ccccc2-c2ccc3c4ccccc4n(-c4ccc5c(c4)-c4ccccc4C5(c4ccccc4)c4ccccc4)c3c2)cc1. The quantitative estimate of drug-likeness (QED) is 0.167. The molecule has 1 heterocycles. The van der Waals surface area contributed by atoms with E-state index in [1.807, 2.05) is 0 Å². The largest absolute Gasteiger partial charge is 0.309 e. The summed E-state index contributed by atoms with van der Waals surface area (Å²) in [7, 11) is 0. The second kappa shape index (κ2) is 11.8. The highest BCUT2D eigenvalue weighted by molar-refractivity contribution is 9.10. The van der Waals surface area contributed by atoms with Gasteiger partial charge in [-0.3, -0.25) is 0 Å². The van der Waals surface area contributed by atoms with E-state index in [1.165, 1.54) is 77.4 Å². The first-order valence-electron chi connectivity index (χ1n) is 17.5. The number of fused-ring (bicyclic) bond motifs is 6. The van der Waals surface area contributed by atoms with Crippen LogP contribution in [0.4, 0.5) is 0 Å². The fraction of sp³-hybridized carbons (Fsp3) is 0.0204. The first-order chi connectivity index (χ1) is 25.2. The number of nitrogens with zero attached hydrogens (tertiary/aromatic N) is 1. The van der Waals surface area contributed by atoms with Gasteiger partial charge in [0.05, 0.1) is 16.4 Å². The zero-order chi connectivity index (χ0) is 33.9. The number of hydrogen-bond donors (Lipinski definition) is 0. The molecule has 1 nitrogen and oxygen atoms in total. The van der Waals surface area contributed by atoms with Crippen molar-refractivity contribution >= 4 is 37.7 Å². The minimum Gasteiger partial charge on any atom is -0.309 e. The molecule has 1 aromatic heterocycles. The summed E-state index contributed by atoms with van der Waals surface area (Å²) in [4.78, 5) is 0. The Kier molecular flexibility index (Phi) is 6.94. The van der Waals surface area contributed by atoms with E-state index in [2.05, 4.69) is 215 Å². The van der Waals surface area contributed by atoms with E-state index in [0.717, 1.165) is 10.2 Å². The predicted molar refractivity (Wildman–Crippen MR) is 217 cm³/mol. The highest BCUT2D eigenvalue weighted by Gasteiger charge is 2.46. The molecule has 0 radical (unpaired) electrons. The fourth-order valence-electron chi connectivity index (χ4n) is 8.61. The van der Waals surface area contributed by atoms with Gasteiger partial charge in [-0.2, -0.15) is 0 Å². The number of benzene rings is 8. The van der Waals surface area contributed by atoms with Gasteiger partial charge in [-0.05, 0) is 92.0 Å². The maximum absolute atomic E-state index is 3.61. The lowest BCUT2D eigenvalue weighted by Crippen LogP contribution is -2.28. The van der Waals surface area contributed by atoms with Gasteiger partial charge in [0.1, 0.15) is 0 Å². The van der Waals surface area contributed by atoms with Crippen LogP contribution < -0.4 is 0 Å². The van der Waals surface area contributed by atoms with E-state index < -0.39 is 5.41 Å². The maximum Gasteiger partial charge on any atom is 0.0713 e. The van der Waals surface area contributed by atoms with Crippen molar-refractivity contribution in [3.05, 3.63) is 221 Å². The van der Waals surface area contributed by atoms with Crippen LogP contribution in [-0.4, -0.2) is 4.57 Å². The van der Waals surface area contributed by atoms with Crippen molar-refractivity contribution < 1.29 is 0 Å². The molecule has 0 spiro atoms. The molecule has 1 aliphatic carbocycles. The lowest BCUT2D eigenvalue weighted by Gasteiger charge is -2.33. The Hall–Kier alpha value is -5.96. The Morgan fingerprint density at radius 2 is 0.922 bits per heavy atom. The van der Waals surface area contributed by atoms with Crippen molar-refractivity contribution in [2.45, 2.75) is 5.41 Å². The third-order valence-corrected chi connectivity index (χ3v) is 11.3. The van der Waals surface area contributed by atoms with Gasteiger partial charge >= 0.3 is 0 Å². The zero-order valence-corrected chi connectivity index (χ0v) is 29.4. The van der Waals surface area contributed by atoms with Crippen molar-refractivity contribution in [1.82, 2.24) is 4.57 Å². The van der Waals surface area contributed by atoms with Crippen LogP contribution in [0, 0.1) is 0 Å². The number of halogens is 1. The topological polar surface area (TPSA) is 4.93 Å². The molecule has 0 unspecified atom stereocenters. The molecule has 0 bridgehead atoms. The van der Waals surface area contributed by atoms with Crippen molar-refractivity contribution in [2.75, 3.05) is 0 Å². The van der Waals surface area contributed by atoms with Gasteiger partial charge in [0, 0.05) is 20.9 Å². The van der Waals surface area contributed by atoms with Crippen molar-refractivity contribution in [1.29, 1.82) is 0 Å². The third kappa shape index (κ3) is 4.53. The molecule has 0 fully saturated rings. The molecule has 0 atom stereocenters. The summed E-state index contributed by atoms with van der Waals surface area (Å²) >= 11 is 3.61. The smallest absolute Gasteiger partial charge is 0.0713 e. The Morgan fingerprint density at radius 3 is 1.65 bits per heavy atom. The molecular weight excluding hydrogens is 682 g/mol. The number of para-hydroxylation sites is 1. The van der Waals surface area contributed by atoms with Crippen LogP contribution in [0.1, 0.15) is 22.3 Å². The lowest BCUT2D eigenvalue weighted by molar-refractivity contribution is 0.768. The predicted octanol–water partition coefficient (Wildman–Crippen LogP) is 13.2. The third-order valence-electron chi connectivity index (χ3n) is 10.8. The second-order valence-electron chi connectivity index (χ2n) is 13.4. The second-order valence-corrected chi connectivity index (χ2v) is 14.3. The normalized spacial score (nSPS) is 13.0. The van der Waals surface area contributed by atoms with Crippen LogP contribution in [0.3, 0.4) is 0 Å². The highest BCUT2D eigenvalue weighted by atomic mass is 79.9. The minimum absolute atomic E-state index is 0.419. The monoisotopic (exact) mass is 713 g/mol. The first kappa shape index (κ1) is 29.9. The Morgan fingerprint density at radius 1 is 0.373 bits per heavy atom. The van der Waals surface area contributed by atoms with Crippen LogP contribution in [0.25, 0.3) is 60.9 Å². The maximum atomic E-state index is 3.61. The molecule has 0 amide bonds. The van der Waals surface area contributed by atoms with Crippen molar-refractivity contribution in [3.63, 3.8) is 0 Å². The van der Waals surface area contributed by atoms with Gasteiger partial charge < -0.3 is 4.57 Å². The molecule has 2 heteroatoms. The van der Waals surface area contributed by atoms with Crippen LogP contribution in [0.2, 0.25) is 0 Å². The number of rotatable bonds is 5. The molecule has 0 saturated heterocycles. The summed E-state index contributed by atoms with van der Waals surface area (Å²) in [5.74, 6) is 0. The van der Waals surface area contributed by atoms with Gasteiger partial charge in [-0.25, -0.2) is 0 Å². The Labute approximate surface area is 306 Å². The molecule has 0 saturated carbocycles. The fourth-order valence-corrected chi connectivity index (χ4v) is 8.87. The Balaban J connectivity index is 1.22. The molecule has 10 rings (SSSR count). The van der Waals surface area contributed by atoms with Crippen LogP contribution in [0.15, 0.2) is 199 Å². The average Bonchev–Trinajstić information content (AvgIpc) is 3.69. The first-order valence-corrected chi connectivity index (χ1v) is 18.3. The molecule has 240 valence electrons. The van der Waals surface area contributed by atoms with Gasteiger partial charge in [-0.1, -0.05) is 174 Å². The Bertz CT molecular complexity index is 2700. The number of aromatic nitrogens is 1. The van der Waals surface area contributed by atoms with Gasteiger partial charge in [0.2, 0.25) is 0 Å². The molecule has 0 N–H and O–H groups in total. The highest BCUT2D eigenvalue weighted by Crippen LogP contribution is 2.56. The standard InChI is InChI=1S/C49H32BrN/c50-37-26-23-33(24-27-37)39-17-7-8-18-40(39)34-25-29-43-42-20-10-12-22-47(42)51(48(43)31-34)38-28-30-46-44(32-38)41-19-9-11-21-45(41)49(46,35-13-3-1-4-14-35)36-15-5-2-6-16-36/h1-32H. The summed E-state index contributed by atoms with van der Waals surface area (Å²) in [5, 5.41) is 2.50. The molecule has 0 aliphatic heterocycles. The summed E-state index contributed by atoms with van der Waals surface area (Å²) in [6, 6.07) is 71.3. The molecule has 1 aliphatic rings. The average molecular weight is 715 g/mol. The molecule has 8 aromatic carbocycles. The van der Waals surface area contributed by atoms with E-state index in [1.54, 1.807) is 0 Å². The van der Waals surface area contributed by atoms with E-state index in [-0.39, 0.29) is 0 Å². The van der Waals surface area contributed by atoms with Crippen molar-refractivity contribution in [3.8, 4) is 39.1 Å². The summed E-state index contributed by atoms with van der Waals surface area (Å²) in [5.41, 5.74) is 15.7. The number of hydrogen-bond acceptors (Lipinski definition) is 0.